The fourth-order valence-electron chi connectivity index (χ4n) is 3.92. The number of carbonyl (C=O) groups excluding carboxylic acids is 1. The Balaban J connectivity index is 1.34. The van der Waals surface area contributed by atoms with E-state index in [1.165, 1.54) is 44.9 Å². The van der Waals surface area contributed by atoms with E-state index in [2.05, 4.69) is 16.0 Å². The number of ether oxygens (including phenoxy) is 1. The van der Waals surface area contributed by atoms with Gasteiger partial charge in [-0.05, 0) is 49.9 Å². The van der Waals surface area contributed by atoms with Crippen molar-refractivity contribution in [1.29, 1.82) is 0 Å². The number of amides is 2. The molecule has 1 atom stereocenters. The average Bonchev–Trinajstić information content (AvgIpc) is 3.20. The zero-order chi connectivity index (χ0) is 18.9. The van der Waals surface area contributed by atoms with Crippen LogP contribution in [-0.2, 0) is 0 Å². The number of anilines is 1. The second-order valence-electron chi connectivity index (χ2n) is 7.81. The van der Waals surface area contributed by atoms with Gasteiger partial charge >= 0.3 is 6.03 Å². The summed E-state index contributed by atoms with van der Waals surface area (Å²) in [5.41, 5.74) is 0.735. The number of aliphatic hydroxyl groups excluding tert-OH is 1. The summed E-state index contributed by atoms with van der Waals surface area (Å²) in [7, 11) is 0. The highest BCUT2D eigenvalue weighted by Gasteiger charge is 2.16. The molecule has 27 heavy (non-hydrogen) atoms. The van der Waals surface area contributed by atoms with Crippen LogP contribution >= 0.6 is 0 Å². The van der Waals surface area contributed by atoms with Gasteiger partial charge in [0.1, 0.15) is 18.5 Å². The lowest BCUT2D eigenvalue weighted by Crippen LogP contribution is -2.39. The molecular formula is C21H33N3O3. The SMILES string of the molecule is O=C(Nc1ccc(OCC(O)CNC2CCCC2)cc1)NC1CCCCC1. The highest BCUT2D eigenvalue weighted by atomic mass is 16.5. The van der Waals surface area contributed by atoms with Crippen molar-refractivity contribution >= 4 is 11.7 Å². The van der Waals surface area contributed by atoms with Gasteiger partial charge in [-0.15, -0.1) is 0 Å². The van der Waals surface area contributed by atoms with E-state index in [4.69, 9.17) is 4.74 Å². The normalized spacial score (nSPS) is 19.6. The van der Waals surface area contributed by atoms with Gasteiger partial charge in [0.2, 0.25) is 0 Å². The fourth-order valence-corrected chi connectivity index (χ4v) is 3.92. The summed E-state index contributed by atoms with van der Waals surface area (Å²) >= 11 is 0. The van der Waals surface area contributed by atoms with Crippen molar-refractivity contribution in [2.45, 2.75) is 76.0 Å². The van der Waals surface area contributed by atoms with Crippen molar-refractivity contribution in [2.24, 2.45) is 0 Å². The van der Waals surface area contributed by atoms with Gasteiger partial charge in [-0.3, -0.25) is 0 Å². The molecule has 0 aromatic heterocycles. The van der Waals surface area contributed by atoms with Crippen LogP contribution in [0, 0.1) is 0 Å². The molecule has 0 heterocycles. The topological polar surface area (TPSA) is 82.6 Å². The quantitative estimate of drug-likeness (QED) is 0.561. The minimum absolute atomic E-state index is 0.149. The number of carbonyl (C=O) groups is 1. The van der Waals surface area contributed by atoms with Gasteiger partial charge in [0.25, 0.3) is 0 Å². The van der Waals surface area contributed by atoms with Crippen LogP contribution < -0.4 is 20.7 Å². The minimum Gasteiger partial charge on any atom is -0.491 e. The predicted molar refractivity (Wildman–Crippen MR) is 107 cm³/mol. The summed E-state index contributed by atoms with van der Waals surface area (Å²) < 4.78 is 5.65. The maximum Gasteiger partial charge on any atom is 0.319 e. The van der Waals surface area contributed by atoms with E-state index in [1.807, 2.05) is 24.3 Å². The van der Waals surface area contributed by atoms with Crippen molar-refractivity contribution < 1.29 is 14.6 Å². The second-order valence-corrected chi connectivity index (χ2v) is 7.81. The van der Waals surface area contributed by atoms with Gasteiger partial charge in [0.05, 0.1) is 0 Å². The van der Waals surface area contributed by atoms with Crippen LogP contribution in [0.15, 0.2) is 24.3 Å². The number of hydrogen-bond acceptors (Lipinski definition) is 4. The van der Waals surface area contributed by atoms with Crippen LogP contribution in [0.25, 0.3) is 0 Å². The highest BCUT2D eigenvalue weighted by Crippen LogP contribution is 2.19. The van der Waals surface area contributed by atoms with E-state index in [-0.39, 0.29) is 12.6 Å². The molecule has 6 heteroatoms. The third-order valence-corrected chi connectivity index (χ3v) is 5.49. The van der Waals surface area contributed by atoms with E-state index < -0.39 is 6.10 Å². The molecule has 0 spiro atoms. The molecule has 0 aliphatic heterocycles. The standard InChI is InChI=1S/C21H33N3O3/c25-19(14-22-16-6-4-5-7-16)15-27-20-12-10-18(11-13-20)24-21(26)23-17-8-2-1-3-9-17/h10-13,16-17,19,22,25H,1-9,14-15H2,(H2,23,24,26). The van der Waals surface area contributed by atoms with Crippen molar-refractivity contribution in [1.82, 2.24) is 10.6 Å². The Hall–Kier alpha value is -1.79. The zero-order valence-electron chi connectivity index (χ0n) is 16.1. The average molecular weight is 376 g/mol. The van der Waals surface area contributed by atoms with Gasteiger partial charge in [-0.1, -0.05) is 32.1 Å². The van der Waals surface area contributed by atoms with Crippen LogP contribution in [0.2, 0.25) is 0 Å². The van der Waals surface area contributed by atoms with Crippen molar-refractivity contribution in [2.75, 3.05) is 18.5 Å². The molecule has 2 fully saturated rings. The molecule has 2 aliphatic rings. The Morgan fingerprint density at radius 2 is 1.63 bits per heavy atom. The first kappa shape index (κ1) is 20.0. The molecule has 150 valence electrons. The molecule has 2 aliphatic carbocycles. The number of rotatable bonds is 8. The van der Waals surface area contributed by atoms with Gasteiger partial charge in [0.15, 0.2) is 0 Å². The van der Waals surface area contributed by atoms with Crippen molar-refractivity contribution in [3.8, 4) is 5.75 Å². The van der Waals surface area contributed by atoms with E-state index in [1.54, 1.807) is 0 Å². The lowest BCUT2D eigenvalue weighted by atomic mass is 9.96. The van der Waals surface area contributed by atoms with Crippen LogP contribution in [0.5, 0.6) is 5.75 Å². The van der Waals surface area contributed by atoms with Crippen LogP contribution in [0.1, 0.15) is 57.8 Å². The summed E-state index contributed by atoms with van der Waals surface area (Å²) in [5.74, 6) is 0.688. The van der Waals surface area contributed by atoms with Gasteiger partial charge in [0, 0.05) is 24.3 Å². The minimum atomic E-state index is -0.523. The molecule has 0 bridgehead atoms. The molecule has 6 nitrogen and oxygen atoms in total. The Labute approximate surface area is 162 Å². The molecular weight excluding hydrogens is 342 g/mol. The Kier molecular flexibility index (Phi) is 7.78. The molecule has 2 amide bonds. The molecule has 1 aromatic rings. The summed E-state index contributed by atoms with van der Waals surface area (Å²) in [5, 5.41) is 19.4. The molecule has 1 aromatic carbocycles. The van der Waals surface area contributed by atoms with Crippen LogP contribution in [-0.4, -0.2) is 42.5 Å². The maximum atomic E-state index is 12.1. The Morgan fingerprint density at radius 3 is 2.33 bits per heavy atom. The summed E-state index contributed by atoms with van der Waals surface area (Å²) in [6.07, 6.45) is 10.2. The lowest BCUT2D eigenvalue weighted by molar-refractivity contribution is 0.104. The molecule has 0 radical (unpaired) electrons. The van der Waals surface area contributed by atoms with Crippen LogP contribution in [0.4, 0.5) is 10.5 Å². The van der Waals surface area contributed by atoms with E-state index in [9.17, 15) is 9.90 Å². The lowest BCUT2D eigenvalue weighted by Gasteiger charge is -2.22. The van der Waals surface area contributed by atoms with E-state index in [0.717, 1.165) is 18.5 Å². The van der Waals surface area contributed by atoms with Crippen molar-refractivity contribution in [3.05, 3.63) is 24.3 Å². The first-order valence-corrected chi connectivity index (χ1v) is 10.4. The van der Waals surface area contributed by atoms with E-state index >= 15 is 0 Å². The third kappa shape index (κ3) is 7.03. The summed E-state index contributed by atoms with van der Waals surface area (Å²) in [6.45, 7) is 0.820. The largest absolute Gasteiger partial charge is 0.491 e. The first-order chi connectivity index (χ1) is 13.2. The molecule has 3 rings (SSSR count). The molecule has 1 unspecified atom stereocenters. The number of hydrogen-bond donors (Lipinski definition) is 4. The van der Waals surface area contributed by atoms with Gasteiger partial charge < -0.3 is 25.8 Å². The molecule has 4 N–H and O–H groups in total. The predicted octanol–water partition coefficient (Wildman–Crippen LogP) is 3.41. The number of benzene rings is 1. The maximum absolute atomic E-state index is 12.1. The van der Waals surface area contributed by atoms with Gasteiger partial charge in [-0.2, -0.15) is 0 Å². The number of urea groups is 1. The fraction of sp³-hybridized carbons (Fsp3) is 0.667. The zero-order valence-corrected chi connectivity index (χ0v) is 16.1. The summed E-state index contributed by atoms with van der Waals surface area (Å²) in [4.78, 5) is 12.1. The van der Waals surface area contributed by atoms with Crippen LogP contribution in [0.3, 0.4) is 0 Å². The smallest absolute Gasteiger partial charge is 0.319 e. The summed E-state index contributed by atoms with van der Waals surface area (Å²) in [6, 6.07) is 7.95. The number of aliphatic hydroxyl groups is 1. The van der Waals surface area contributed by atoms with E-state index in [0.29, 0.717) is 24.4 Å². The molecule has 2 saturated carbocycles. The molecule has 0 saturated heterocycles. The first-order valence-electron chi connectivity index (χ1n) is 10.4. The Morgan fingerprint density at radius 1 is 1.00 bits per heavy atom. The van der Waals surface area contributed by atoms with Crippen molar-refractivity contribution in [3.63, 3.8) is 0 Å². The highest BCUT2D eigenvalue weighted by molar-refractivity contribution is 5.89. The number of nitrogens with one attached hydrogen (secondary N) is 3. The monoisotopic (exact) mass is 375 g/mol. The second kappa shape index (κ2) is 10.5. The van der Waals surface area contributed by atoms with Gasteiger partial charge in [-0.25, -0.2) is 4.79 Å². The third-order valence-electron chi connectivity index (χ3n) is 5.49. The Bertz CT molecular complexity index is 567.